The van der Waals surface area contributed by atoms with Gasteiger partial charge in [0.15, 0.2) is 5.69 Å². The van der Waals surface area contributed by atoms with Crippen molar-refractivity contribution >= 4 is 11.8 Å². The Morgan fingerprint density at radius 3 is 2.75 bits per heavy atom. The van der Waals surface area contributed by atoms with Gasteiger partial charge in [0.25, 0.3) is 5.91 Å². The summed E-state index contributed by atoms with van der Waals surface area (Å²) in [6.45, 7) is 3.82. The Bertz CT molecular complexity index is 754. The van der Waals surface area contributed by atoms with Crippen molar-refractivity contribution in [2.75, 3.05) is 13.6 Å². The van der Waals surface area contributed by atoms with E-state index in [1.165, 1.54) is 0 Å². The van der Waals surface area contributed by atoms with Gasteiger partial charge in [-0.05, 0) is 6.92 Å². The number of benzene rings is 1. The molecule has 2 aromatic rings. The zero-order chi connectivity index (χ0) is 17.1. The minimum absolute atomic E-state index is 0.238. The highest BCUT2D eigenvalue weighted by molar-refractivity contribution is 5.97. The predicted octanol–water partition coefficient (Wildman–Crippen LogP) is 0.518. The van der Waals surface area contributed by atoms with Crippen molar-refractivity contribution in [1.29, 1.82) is 0 Å². The van der Waals surface area contributed by atoms with Gasteiger partial charge < -0.3 is 20.5 Å². The molecule has 0 radical (unpaired) electrons. The SMILES string of the molecule is CNC(=O)C(C)NC(=O)c1nc(-c2ccccc2)n2c1CNCC2. The molecule has 0 spiro atoms. The molecule has 1 aromatic carbocycles. The van der Waals surface area contributed by atoms with E-state index in [9.17, 15) is 9.59 Å². The maximum absolute atomic E-state index is 12.6. The summed E-state index contributed by atoms with van der Waals surface area (Å²) in [5.74, 6) is 0.211. The molecule has 2 heterocycles. The number of carbonyl (C=O) groups excluding carboxylic acids is 2. The van der Waals surface area contributed by atoms with Crippen LogP contribution in [-0.2, 0) is 17.9 Å². The minimum Gasteiger partial charge on any atom is -0.357 e. The molecule has 0 aliphatic carbocycles. The second kappa shape index (κ2) is 6.84. The molecule has 24 heavy (non-hydrogen) atoms. The molecule has 1 aromatic heterocycles. The molecule has 0 bridgehead atoms. The lowest BCUT2D eigenvalue weighted by molar-refractivity contribution is -0.122. The van der Waals surface area contributed by atoms with Crippen LogP contribution in [0, 0.1) is 0 Å². The molecule has 3 N–H and O–H groups in total. The largest absolute Gasteiger partial charge is 0.357 e. The van der Waals surface area contributed by atoms with Crippen molar-refractivity contribution in [1.82, 2.24) is 25.5 Å². The first kappa shape index (κ1) is 16.2. The molecule has 7 heteroatoms. The molecule has 0 fully saturated rings. The van der Waals surface area contributed by atoms with Crippen molar-refractivity contribution in [3.05, 3.63) is 41.7 Å². The normalized spacial score (nSPS) is 14.6. The maximum Gasteiger partial charge on any atom is 0.272 e. The number of nitrogens with one attached hydrogen (secondary N) is 3. The van der Waals surface area contributed by atoms with Crippen LogP contribution in [0.4, 0.5) is 0 Å². The number of aromatic nitrogens is 2. The molecule has 1 unspecified atom stereocenters. The van der Waals surface area contributed by atoms with Crippen LogP contribution < -0.4 is 16.0 Å². The average Bonchev–Trinajstić information content (AvgIpc) is 3.01. The zero-order valence-corrected chi connectivity index (χ0v) is 13.8. The van der Waals surface area contributed by atoms with Gasteiger partial charge in [0.05, 0.1) is 5.69 Å². The summed E-state index contributed by atoms with van der Waals surface area (Å²) in [5.41, 5.74) is 2.19. The lowest BCUT2D eigenvalue weighted by Gasteiger charge is -2.19. The molecule has 3 rings (SSSR count). The highest BCUT2D eigenvalue weighted by Crippen LogP contribution is 2.24. The van der Waals surface area contributed by atoms with Gasteiger partial charge in [-0.25, -0.2) is 4.98 Å². The van der Waals surface area contributed by atoms with Crippen LogP contribution >= 0.6 is 0 Å². The fourth-order valence-electron chi connectivity index (χ4n) is 2.84. The topological polar surface area (TPSA) is 88.1 Å². The van der Waals surface area contributed by atoms with Crippen molar-refractivity contribution in [3.63, 3.8) is 0 Å². The Labute approximate surface area is 140 Å². The number of nitrogens with zero attached hydrogens (tertiary/aromatic N) is 2. The van der Waals surface area contributed by atoms with E-state index in [0.717, 1.165) is 30.2 Å². The van der Waals surface area contributed by atoms with Gasteiger partial charge in [0, 0.05) is 32.2 Å². The van der Waals surface area contributed by atoms with Gasteiger partial charge >= 0.3 is 0 Å². The van der Waals surface area contributed by atoms with E-state index in [-0.39, 0.29) is 11.8 Å². The summed E-state index contributed by atoms with van der Waals surface area (Å²) in [7, 11) is 1.54. The summed E-state index contributed by atoms with van der Waals surface area (Å²) >= 11 is 0. The van der Waals surface area contributed by atoms with E-state index in [0.29, 0.717) is 12.2 Å². The van der Waals surface area contributed by atoms with Gasteiger partial charge in [-0.2, -0.15) is 0 Å². The fraction of sp³-hybridized carbons (Fsp3) is 0.353. The second-order valence-corrected chi connectivity index (χ2v) is 5.73. The summed E-state index contributed by atoms with van der Waals surface area (Å²) in [6, 6.07) is 9.19. The molecule has 0 saturated carbocycles. The number of hydrogen-bond acceptors (Lipinski definition) is 4. The van der Waals surface area contributed by atoms with E-state index in [4.69, 9.17) is 0 Å². The second-order valence-electron chi connectivity index (χ2n) is 5.73. The Kier molecular flexibility index (Phi) is 4.61. The Balaban J connectivity index is 1.95. The summed E-state index contributed by atoms with van der Waals surface area (Å²) in [6.07, 6.45) is 0. The van der Waals surface area contributed by atoms with E-state index in [2.05, 4.69) is 25.5 Å². The van der Waals surface area contributed by atoms with Gasteiger partial charge in [-0.3, -0.25) is 9.59 Å². The number of amides is 2. The first-order chi connectivity index (χ1) is 11.6. The van der Waals surface area contributed by atoms with Gasteiger partial charge in [0.2, 0.25) is 5.91 Å². The predicted molar refractivity (Wildman–Crippen MR) is 90.4 cm³/mol. The fourth-order valence-corrected chi connectivity index (χ4v) is 2.84. The molecular formula is C17H21N5O2. The lowest BCUT2D eigenvalue weighted by Crippen LogP contribution is -2.44. The number of likely N-dealkylation sites (N-methyl/N-ethyl adjacent to an activating group) is 1. The third-order valence-electron chi connectivity index (χ3n) is 4.11. The van der Waals surface area contributed by atoms with Gasteiger partial charge in [-0.15, -0.1) is 0 Å². The minimum atomic E-state index is -0.614. The van der Waals surface area contributed by atoms with Crippen LogP contribution in [0.2, 0.25) is 0 Å². The molecule has 1 aliphatic rings. The quantitative estimate of drug-likeness (QED) is 0.764. The van der Waals surface area contributed by atoms with Crippen LogP contribution in [0.5, 0.6) is 0 Å². The number of rotatable bonds is 4. The molecule has 1 atom stereocenters. The third-order valence-corrected chi connectivity index (χ3v) is 4.11. The lowest BCUT2D eigenvalue weighted by atomic mass is 10.2. The monoisotopic (exact) mass is 327 g/mol. The van der Waals surface area contributed by atoms with Crippen LogP contribution in [0.3, 0.4) is 0 Å². The Morgan fingerprint density at radius 2 is 2.04 bits per heavy atom. The number of hydrogen-bond donors (Lipinski definition) is 3. The van der Waals surface area contributed by atoms with Crippen molar-refractivity contribution in [2.45, 2.75) is 26.1 Å². The maximum atomic E-state index is 12.6. The Morgan fingerprint density at radius 1 is 1.29 bits per heavy atom. The smallest absolute Gasteiger partial charge is 0.272 e. The highest BCUT2D eigenvalue weighted by atomic mass is 16.2. The first-order valence-electron chi connectivity index (χ1n) is 7.99. The Hall–Kier alpha value is -2.67. The van der Waals surface area contributed by atoms with Crippen LogP contribution in [-0.4, -0.2) is 41.0 Å². The number of fused-ring (bicyclic) bond motifs is 1. The molecular weight excluding hydrogens is 306 g/mol. The first-order valence-corrected chi connectivity index (χ1v) is 7.99. The molecule has 1 aliphatic heterocycles. The number of imidazole rings is 1. The zero-order valence-electron chi connectivity index (χ0n) is 13.8. The van der Waals surface area contributed by atoms with Crippen molar-refractivity contribution < 1.29 is 9.59 Å². The van der Waals surface area contributed by atoms with E-state index in [1.807, 2.05) is 30.3 Å². The molecule has 126 valence electrons. The highest BCUT2D eigenvalue weighted by Gasteiger charge is 2.26. The van der Waals surface area contributed by atoms with Crippen molar-refractivity contribution in [2.24, 2.45) is 0 Å². The number of carbonyl (C=O) groups is 2. The van der Waals surface area contributed by atoms with Crippen molar-refractivity contribution in [3.8, 4) is 11.4 Å². The molecule has 7 nitrogen and oxygen atoms in total. The van der Waals surface area contributed by atoms with Gasteiger partial charge in [0.1, 0.15) is 11.9 Å². The van der Waals surface area contributed by atoms with Crippen LogP contribution in [0.15, 0.2) is 30.3 Å². The van der Waals surface area contributed by atoms with E-state index in [1.54, 1.807) is 14.0 Å². The molecule has 2 amide bonds. The van der Waals surface area contributed by atoms with Crippen LogP contribution in [0.1, 0.15) is 23.1 Å². The van der Waals surface area contributed by atoms with E-state index >= 15 is 0 Å². The summed E-state index contributed by atoms with van der Waals surface area (Å²) in [4.78, 5) is 28.8. The third kappa shape index (κ3) is 3.03. The summed E-state index contributed by atoms with van der Waals surface area (Å²) < 4.78 is 2.07. The van der Waals surface area contributed by atoms with Crippen LogP contribution in [0.25, 0.3) is 11.4 Å². The average molecular weight is 327 g/mol. The van der Waals surface area contributed by atoms with Gasteiger partial charge in [-0.1, -0.05) is 30.3 Å². The standard InChI is InChI=1S/C17H21N5O2/c1-11(16(23)18-2)20-17(24)14-13-10-19-8-9-22(13)15(21-14)12-6-4-3-5-7-12/h3-7,11,19H,8-10H2,1-2H3,(H,18,23)(H,20,24). The van der Waals surface area contributed by atoms with E-state index < -0.39 is 6.04 Å². The molecule has 0 saturated heterocycles. The summed E-state index contributed by atoms with van der Waals surface area (Å²) in [5, 5.41) is 8.50.